The zero-order chi connectivity index (χ0) is 14.0. The highest BCUT2D eigenvalue weighted by atomic mass is 16.4. The summed E-state index contributed by atoms with van der Waals surface area (Å²) >= 11 is 0. The van der Waals surface area contributed by atoms with E-state index in [4.69, 9.17) is 5.11 Å². The molecule has 0 unspecified atom stereocenters. The minimum atomic E-state index is -1.11. The Balaban J connectivity index is 2.64. The second kappa shape index (κ2) is 5.09. The van der Waals surface area contributed by atoms with Crippen molar-refractivity contribution in [2.75, 3.05) is 12.4 Å². The number of carbonyl (C=O) groups is 1. The monoisotopic (exact) mass is 265 g/mol. The quantitative estimate of drug-likeness (QED) is 0.787. The number of nitrogens with one attached hydrogen (secondary N) is 1. The van der Waals surface area contributed by atoms with Crippen LogP contribution >= 0.6 is 0 Å². The average Bonchev–Trinajstić information content (AvgIpc) is 2.65. The molecule has 0 aliphatic heterocycles. The topological polar surface area (TPSA) is 102 Å². The van der Waals surface area contributed by atoms with E-state index in [-0.39, 0.29) is 0 Å². The zero-order valence-corrected chi connectivity index (χ0v) is 10.8. The van der Waals surface area contributed by atoms with Gasteiger partial charge in [-0.05, 0) is 6.42 Å². The molecule has 0 fully saturated rings. The van der Waals surface area contributed by atoms with E-state index < -0.39 is 18.2 Å². The maximum atomic E-state index is 12.0. The maximum Gasteiger partial charge on any atom is 0.353 e. The van der Waals surface area contributed by atoms with E-state index in [2.05, 4.69) is 15.4 Å². The van der Waals surface area contributed by atoms with Gasteiger partial charge in [-0.2, -0.15) is 0 Å². The third kappa shape index (κ3) is 2.42. The molecule has 102 valence electrons. The fourth-order valence-corrected chi connectivity index (χ4v) is 1.87. The molecule has 8 heteroatoms. The van der Waals surface area contributed by atoms with Gasteiger partial charge >= 0.3 is 11.7 Å². The molecule has 8 nitrogen and oxygen atoms in total. The predicted octanol–water partition coefficient (Wildman–Crippen LogP) is -0.0302. The first-order valence-corrected chi connectivity index (χ1v) is 5.95. The second-order valence-electron chi connectivity index (χ2n) is 4.10. The first-order valence-electron chi connectivity index (χ1n) is 5.95. The van der Waals surface area contributed by atoms with Crippen molar-refractivity contribution in [3.8, 4) is 0 Å². The molecule has 2 N–H and O–H groups in total. The fourth-order valence-electron chi connectivity index (χ4n) is 1.87. The van der Waals surface area contributed by atoms with Crippen LogP contribution in [0.3, 0.4) is 0 Å². The van der Waals surface area contributed by atoms with Crippen molar-refractivity contribution in [1.29, 1.82) is 0 Å². The normalized spacial score (nSPS) is 10.8. The van der Waals surface area contributed by atoms with Crippen molar-refractivity contribution >= 4 is 17.6 Å². The Morgan fingerprint density at radius 3 is 2.84 bits per heavy atom. The van der Waals surface area contributed by atoms with Crippen LogP contribution in [0.1, 0.15) is 19.0 Å². The number of carboxylic acid groups (broad SMARTS) is 1. The van der Waals surface area contributed by atoms with E-state index in [9.17, 15) is 9.59 Å². The highest BCUT2D eigenvalue weighted by Gasteiger charge is 2.14. The van der Waals surface area contributed by atoms with Gasteiger partial charge < -0.3 is 10.4 Å². The number of hydrogen-bond acceptors (Lipinski definition) is 5. The summed E-state index contributed by atoms with van der Waals surface area (Å²) in [5.41, 5.74) is 0.693. The van der Waals surface area contributed by atoms with E-state index in [1.807, 2.05) is 6.92 Å². The van der Waals surface area contributed by atoms with Gasteiger partial charge in [0.15, 0.2) is 5.65 Å². The Morgan fingerprint density at radius 2 is 2.26 bits per heavy atom. The molecule has 0 aliphatic rings. The van der Waals surface area contributed by atoms with Crippen LogP contribution in [0.4, 0.5) is 5.95 Å². The van der Waals surface area contributed by atoms with Crippen LogP contribution < -0.4 is 11.0 Å². The molecule has 0 radical (unpaired) electrons. The van der Waals surface area contributed by atoms with Crippen molar-refractivity contribution in [2.24, 2.45) is 0 Å². The van der Waals surface area contributed by atoms with Gasteiger partial charge in [-0.25, -0.2) is 18.9 Å². The summed E-state index contributed by atoms with van der Waals surface area (Å²) in [4.78, 5) is 27.0. The molecule has 0 amide bonds. The Labute approximate surface area is 108 Å². The fraction of sp³-hybridized carbons (Fsp3) is 0.455. The van der Waals surface area contributed by atoms with E-state index in [1.54, 1.807) is 13.1 Å². The Kier molecular flexibility index (Phi) is 3.50. The van der Waals surface area contributed by atoms with Gasteiger partial charge in [0.2, 0.25) is 5.95 Å². The number of aromatic nitrogens is 4. The first-order chi connectivity index (χ1) is 9.06. The van der Waals surface area contributed by atoms with Gasteiger partial charge in [0, 0.05) is 18.8 Å². The summed E-state index contributed by atoms with van der Waals surface area (Å²) in [6.45, 7) is 1.56. The number of fused-ring (bicyclic) bond motifs is 1. The van der Waals surface area contributed by atoms with Crippen molar-refractivity contribution in [1.82, 2.24) is 19.2 Å². The summed E-state index contributed by atoms with van der Waals surface area (Å²) in [6, 6.07) is 1.70. The molecular weight excluding hydrogens is 250 g/mol. The number of anilines is 1. The Bertz CT molecular complexity index is 673. The lowest BCUT2D eigenvalue weighted by Crippen LogP contribution is -2.26. The lowest BCUT2D eigenvalue weighted by molar-refractivity contribution is -0.137. The van der Waals surface area contributed by atoms with E-state index in [1.165, 1.54) is 4.40 Å². The minimum Gasteiger partial charge on any atom is -0.480 e. The van der Waals surface area contributed by atoms with Gasteiger partial charge in [-0.1, -0.05) is 13.3 Å². The van der Waals surface area contributed by atoms with E-state index >= 15 is 0 Å². The third-order valence-corrected chi connectivity index (χ3v) is 2.64. The van der Waals surface area contributed by atoms with Crippen molar-refractivity contribution in [3.63, 3.8) is 0 Å². The van der Waals surface area contributed by atoms with Crippen LogP contribution in [0.5, 0.6) is 0 Å². The lowest BCUT2D eigenvalue weighted by Gasteiger charge is -2.04. The van der Waals surface area contributed by atoms with Crippen LogP contribution in [-0.4, -0.2) is 37.3 Å². The number of aliphatic carboxylic acids is 1. The van der Waals surface area contributed by atoms with Gasteiger partial charge in [-0.3, -0.25) is 4.79 Å². The van der Waals surface area contributed by atoms with Crippen LogP contribution in [-0.2, 0) is 17.8 Å². The summed E-state index contributed by atoms with van der Waals surface area (Å²) in [6.07, 6.45) is 1.69. The smallest absolute Gasteiger partial charge is 0.353 e. The molecule has 0 spiro atoms. The van der Waals surface area contributed by atoms with Crippen LogP contribution in [0.2, 0.25) is 0 Å². The van der Waals surface area contributed by atoms with Gasteiger partial charge in [0.1, 0.15) is 6.54 Å². The van der Waals surface area contributed by atoms with Crippen molar-refractivity contribution in [3.05, 3.63) is 22.2 Å². The largest absolute Gasteiger partial charge is 0.480 e. The molecule has 2 aromatic heterocycles. The Morgan fingerprint density at radius 1 is 1.53 bits per heavy atom. The molecule has 2 heterocycles. The number of aryl methyl sites for hydroxylation is 1. The zero-order valence-electron chi connectivity index (χ0n) is 10.8. The molecule has 0 bridgehead atoms. The number of carboxylic acids is 1. The van der Waals surface area contributed by atoms with Crippen LogP contribution in [0.15, 0.2) is 10.9 Å². The van der Waals surface area contributed by atoms with Crippen molar-refractivity contribution in [2.45, 2.75) is 26.3 Å². The first kappa shape index (κ1) is 13.1. The predicted molar refractivity (Wildman–Crippen MR) is 68.4 cm³/mol. The van der Waals surface area contributed by atoms with Gasteiger partial charge in [0.05, 0.1) is 0 Å². The van der Waals surface area contributed by atoms with E-state index in [0.717, 1.165) is 23.2 Å². The minimum absolute atomic E-state index is 0.364. The number of nitrogens with zero attached hydrogens (tertiary/aromatic N) is 4. The standard InChI is InChI=1S/C11H15N5O3/c1-3-4-7-5-8-14-15(6-9(17)18)11(19)16(8)10(12-2)13-7/h5H,3-4,6H2,1-2H3,(H,12,13)(H,17,18). The molecule has 2 aromatic rings. The summed E-state index contributed by atoms with van der Waals surface area (Å²) in [5.74, 6) is -0.749. The Hall–Kier alpha value is -2.38. The SMILES string of the molecule is CCCc1cc2nn(CC(=O)O)c(=O)n2c(NC)n1. The van der Waals surface area contributed by atoms with E-state index in [0.29, 0.717) is 11.6 Å². The average molecular weight is 265 g/mol. The molecule has 0 aliphatic carbocycles. The summed E-state index contributed by atoms with van der Waals surface area (Å²) in [7, 11) is 1.65. The number of rotatable bonds is 5. The molecule has 0 atom stereocenters. The number of hydrogen-bond donors (Lipinski definition) is 2. The van der Waals surface area contributed by atoms with Crippen molar-refractivity contribution < 1.29 is 9.90 Å². The van der Waals surface area contributed by atoms with Gasteiger partial charge in [0.25, 0.3) is 0 Å². The molecule has 0 saturated carbocycles. The summed E-state index contributed by atoms with van der Waals surface area (Å²) < 4.78 is 2.18. The van der Waals surface area contributed by atoms with Gasteiger partial charge in [-0.15, -0.1) is 5.10 Å². The highest BCUT2D eigenvalue weighted by Crippen LogP contribution is 2.09. The maximum absolute atomic E-state index is 12.0. The third-order valence-electron chi connectivity index (χ3n) is 2.64. The summed E-state index contributed by atoms with van der Waals surface area (Å²) in [5, 5.41) is 15.6. The van der Waals surface area contributed by atoms with Crippen LogP contribution in [0, 0.1) is 0 Å². The molecular formula is C11H15N5O3. The molecule has 2 rings (SSSR count). The van der Waals surface area contributed by atoms with Crippen LogP contribution in [0.25, 0.3) is 5.65 Å². The molecule has 0 aromatic carbocycles. The molecule has 19 heavy (non-hydrogen) atoms. The second-order valence-corrected chi connectivity index (χ2v) is 4.10. The highest BCUT2D eigenvalue weighted by molar-refractivity contribution is 5.66. The lowest BCUT2D eigenvalue weighted by atomic mass is 10.2. The molecule has 0 saturated heterocycles.